The molecule has 23 heavy (non-hydrogen) atoms. The van der Waals surface area contributed by atoms with Gasteiger partial charge in [0.05, 0.1) is 12.1 Å². The zero-order valence-corrected chi connectivity index (χ0v) is 17.9. The van der Waals surface area contributed by atoms with Crippen LogP contribution < -0.4 is 10.6 Å². The van der Waals surface area contributed by atoms with Gasteiger partial charge in [-0.2, -0.15) is 0 Å². The second-order valence-corrected chi connectivity index (χ2v) is 6.98. The molecule has 138 valence electrons. The average molecular weight is 440 g/mol. The van der Waals surface area contributed by atoms with E-state index in [4.69, 9.17) is 0 Å². The molecular formula is C17H37IN4O. The summed E-state index contributed by atoms with van der Waals surface area (Å²) >= 11 is 0. The van der Waals surface area contributed by atoms with Gasteiger partial charge in [0.15, 0.2) is 5.96 Å². The van der Waals surface area contributed by atoms with Crippen molar-refractivity contribution in [2.24, 2.45) is 4.99 Å². The maximum Gasteiger partial charge on any atom is 0.191 e. The highest BCUT2D eigenvalue weighted by molar-refractivity contribution is 14.0. The fourth-order valence-corrected chi connectivity index (χ4v) is 2.89. The van der Waals surface area contributed by atoms with Crippen molar-refractivity contribution >= 4 is 29.9 Å². The summed E-state index contributed by atoms with van der Waals surface area (Å²) in [6.07, 6.45) is 3.97. The Balaban J connectivity index is 0.00000484. The van der Waals surface area contributed by atoms with E-state index in [1.54, 1.807) is 0 Å². The van der Waals surface area contributed by atoms with Crippen molar-refractivity contribution in [3.05, 3.63) is 0 Å². The molecule has 0 heterocycles. The van der Waals surface area contributed by atoms with Gasteiger partial charge in [-0.3, -0.25) is 9.89 Å². The molecule has 0 spiro atoms. The fourth-order valence-electron chi connectivity index (χ4n) is 2.89. The molecule has 0 aromatic carbocycles. The molecule has 1 saturated carbocycles. The molecule has 0 aliphatic heterocycles. The first-order chi connectivity index (χ1) is 10.4. The lowest BCUT2D eigenvalue weighted by Crippen LogP contribution is -2.44. The summed E-state index contributed by atoms with van der Waals surface area (Å²) < 4.78 is 0. The molecular weight excluding hydrogens is 403 g/mol. The van der Waals surface area contributed by atoms with Crippen molar-refractivity contribution in [1.82, 2.24) is 15.5 Å². The first kappa shape index (κ1) is 22.9. The highest BCUT2D eigenvalue weighted by Crippen LogP contribution is 2.31. The summed E-state index contributed by atoms with van der Waals surface area (Å²) in [5.74, 6) is 0.823. The normalized spacial score (nSPS) is 17.2. The van der Waals surface area contributed by atoms with Gasteiger partial charge >= 0.3 is 0 Å². The minimum absolute atomic E-state index is 0. The van der Waals surface area contributed by atoms with E-state index in [0.29, 0.717) is 18.6 Å². The molecule has 1 aliphatic rings. The molecule has 1 aliphatic carbocycles. The topological polar surface area (TPSA) is 59.9 Å². The van der Waals surface area contributed by atoms with Crippen LogP contribution in [0.4, 0.5) is 0 Å². The van der Waals surface area contributed by atoms with Gasteiger partial charge in [-0.1, -0.05) is 0 Å². The second-order valence-electron chi connectivity index (χ2n) is 6.98. The maximum atomic E-state index is 10.1. The van der Waals surface area contributed by atoms with E-state index in [-0.39, 0.29) is 24.0 Å². The van der Waals surface area contributed by atoms with E-state index in [0.717, 1.165) is 51.3 Å². The van der Waals surface area contributed by atoms with Gasteiger partial charge in [0.25, 0.3) is 0 Å². The first-order valence-corrected chi connectivity index (χ1v) is 8.88. The predicted octanol–water partition coefficient (Wildman–Crippen LogP) is 2.58. The number of aliphatic hydroxyl groups is 1. The van der Waals surface area contributed by atoms with Gasteiger partial charge in [-0.15, -0.1) is 24.0 Å². The molecule has 0 aromatic rings. The molecule has 5 nitrogen and oxygen atoms in total. The molecule has 1 fully saturated rings. The van der Waals surface area contributed by atoms with Crippen molar-refractivity contribution in [3.63, 3.8) is 0 Å². The quantitative estimate of drug-likeness (QED) is 0.223. The van der Waals surface area contributed by atoms with E-state index < -0.39 is 5.60 Å². The SMILES string of the molecule is CCNC(=NCC1(O)CCC1)NCCCN(C(C)C)C(C)C.I. The smallest absolute Gasteiger partial charge is 0.191 e. The average Bonchev–Trinajstić information content (AvgIpc) is 2.41. The van der Waals surface area contributed by atoms with Crippen LogP contribution in [-0.4, -0.2) is 59.8 Å². The van der Waals surface area contributed by atoms with Crippen molar-refractivity contribution in [3.8, 4) is 0 Å². The van der Waals surface area contributed by atoms with Crippen molar-refractivity contribution in [2.45, 2.75) is 78.0 Å². The molecule has 1 rings (SSSR count). The largest absolute Gasteiger partial charge is 0.388 e. The molecule has 0 unspecified atom stereocenters. The van der Waals surface area contributed by atoms with Crippen LogP contribution in [0, 0.1) is 0 Å². The summed E-state index contributed by atoms with van der Waals surface area (Å²) in [5.41, 5.74) is -0.547. The van der Waals surface area contributed by atoms with Gasteiger partial charge in [0.2, 0.25) is 0 Å². The Hall–Kier alpha value is -0.0800. The summed E-state index contributed by atoms with van der Waals surface area (Å²) in [4.78, 5) is 7.03. The van der Waals surface area contributed by atoms with E-state index in [1.165, 1.54) is 0 Å². The predicted molar refractivity (Wildman–Crippen MR) is 110 cm³/mol. The van der Waals surface area contributed by atoms with Crippen LogP contribution >= 0.6 is 24.0 Å². The number of hydrogen-bond donors (Lipinski definition) is 3. The number of aliphatic imine (C=N–C) groups is 1. The Morgan fingerprint density at radius 3 is 2.22 bits per heavy atom. The van der Waals surface area contributed by atoms with E-state index in [1.807, 2.05) is 0 Å². The van der Waals surface area contributed by atoms with Crippen molar-refractivity contribution in [2.75, 3.05) is 26.2 Å². The Labute approximate surface area is 159 Å². The monoisotopic (exact) mass is 440 g/mol. The third-order valence-electron chi connectivity index (χ3n) is 4.37. The van der Waals surface area contributed by atoms with Gasteiger partial charge in [-0.05, 0) is 60.3 Å². The lowest BCUT2D eigenvalue weighted by Gasteiger charge is -2.35. The summed E-state index contributed by atoms with van der Waals surface area (Å²) in [6.45, 7) is 14.4. The standard InChI is InChI=1S/C17H36N4O.HI/c1-6-18-16(20-13-17(22)9-7-10-17)19-11-8-12-21(14(2)3)15(4)5;/h14-15,22H,6-13H2,1-5H3,(H2,18,19,20);1H. The number of rotatable bonds is 9. The zero-order valence-electron chi connectivity index (χ0n) is 15.6. The highest BCUT2D eigenvalue weighted by atomic mass is 127. The van der Waals surface area contributed by atoms with Crippen molar-refractivity contribution in [1.29, 1.82) is 0 Å². The Morgan fingerprint density at radius 1 is 1.17 bits per heavy atom. The Kier molecular flexibility index (Phi) is 11.4. The Morgan fingerprint density at radius 2 is 1.78 bits per heavy atom. The number of halogens is 1. The number of hydrogen-bond acceptors (Lipinski definition) is 3. The third kappa shape index (κ3) is 8.54. The van der Waals surface area contributed by atoms with Crippen LogP contribution in [0.1, 0.15) is 60.3 Å². The molecule has 6 heteroatoms. The lowest BCUT2D eigenvalue weighted by molar-refractivity contribution is -0.0236. The highest BCUT2D eigenvalue weighted by Gasteiger charge is 2.34. The van der Waals surface area contributed by atoms with Crippen LogP contribution in [0.3, 0.4) is 0 Å². The number of nitrogens with one attached hydrogen (secondary N) is 2. The number of guanidine groups is 1. The molecule has 0 aromatic heterocycles. The van der Waals surface area contributed by atoms with Gasteiger partial charge in [-0.25, -0.2) is 0 Å². The second kappa shape index (κ2) is 11.5. The molecule has 0 radical (unpaired) electrons. The summed E-state index contributed by atoms with van der Waals surface area (Å²) in [5, 5.41) is 16.8. The Bertz CT molecular complexity index is 335. The van der Waals surface area contributed by atoms with Crippen LogP contribution in [-0.2, 0) is 0 Å². The fraction of sp³-hybridized carbons (Fsp3) is 0.941. The van der Waals surface area contributed by atoms with Crippen LogP contribution in [0.25, 0.3) is 0 Å². The van der Waals surface area contributed by atoms with Crippen LogP contribution in [0.15, 0.2) is 4.99 Å². The first-order valence-electron chi connectivity index (χ1n) is 8.88. The minimum atomic E-state index is -0.547. The van der Waals surface area contributed by atoms with Gasteiger partial charge < -0.3 is 15.7 Å². The van der Waals surface area contributed by atoms with E-state index in [9.17, 15) is 5.11 Å². The minimum Gasteiger partial charge on any atom is -0.388 e. The lowest BCUT2D eigenvalue weighted by atomic mass is 9.80. The van der Waals surface area contributed by atoms with E-state index in [2.05, 4.69) is 55.1 Å². The molecule has 3 N–H and O–H groups in total. The third-order valence-corrected chi connectivity index (χ3v) is 4.37. The molecule has 0 bridgehead atoms. The zero-order chi connectivity index (χ0) is 16.6. The maximum absolute atomic E-state index is 10.1. The van der Waals surface area contributed by atoms with E-state index >= 15 is 0 Å². The summed E-state index contributed by atoms with van der Waals surface area (Å²) in [6, 6.07) is 1.16. The van der Waals surface area contributed by atoms with Gasteiger partial charge in [0.1, 0.15) is 0 Å². The van der Waals surface area contributed by atoms with Crippen molar-refractivity contribution < 1.29 is 5.11 Å². The molecule has 0 saturated heterocycles. The molecule has 0 atom stereocenters. The van der Waals surface area contributed by atoms with Gasteiger partial charge in [0, 0.05) is 31.7 Å². The summed E-state index contributed by atoms with van der Waals surface area (Å²) in [7, 11) is 0. The van der Waals surface area contributed by atoms with Crippen LogP contribution in [0.5, 0.6) is 0 Å². The van der Waals surface area contributed by atoms with Crippen LogP contribution in [0.2, 0.25) is 0 Å². The molecule has 0 amide bonds. The number of nitrogens with zero attached hydrogens (tertiary/aromatic N) is 2.